The molecule has 1 saturated carbocycles. The molecule has 6 heteroatoms. The zero-order chi connectivity index (χ0) is 18.3. The van der Waals surface area contributed by atoms with E-state index in [1.54, 1.807) is 24.3 Å². The van der Waals surface area contributed by atoms with Gasteiger partial charge in [0.25, 0.3) is 11.8 Å². The van der Waals surface area contributed by atoms with Gasteiger partial charge in [0.05, 0.1) is 16.7 Å². The van der Waals surface area contributed by atoms with Crippen molar-refractivity contribution in [2.24, 2.45) is 0 Å². The van der Waals surface area contributed by atoms with E-state index in [1.807, 2.05) is 24.3 Å². The fraction of sp³-hybridized carbons (Fsp3) is 0.250. The van der Waals surface area contributed by atoms with Gasteiger partial charge >= 0.3 is 0 Å². The molecule has 1 heterocycles. The second-order valence-corrected chi connectivity index (χ2v) is 7.65. The molecule has 1 N–H and O–H groups in total. The molecule has 0 unspecified atom stereocenters. The van der Waals surface area contributed by atoms with E-state index in [4.69, 9.17) is 0 Å². The molecule has 4 rings (SSSR count). The summed E-state index contributed by atoms with van der Waals surface area (Å²) in [5.74, 6) is -1.14. The molecule has 0 radical (unpaired) electrons. The maximum atomic E-state index is 12.6. The minimum Gasteiger partial charge on any atom is -0.345 e. The Balaban J connectivity index is 1.51. The molecule has 0 atom stereocenters. The molecular weight excluding hydrogens is 396 g/mol. The van der Waals surface area contributed by atoms with Crippen molar-refractivity contribution in [3.8, 4) is 0 Å². The summed E-state index contributed by atoms with van der Waals surface area (Å²) in [4.78, 5) is 38.5. The number of halogens is 1. The summed E-state index contributed by atoms with van der Waals surface area (Å²) >= 11 is 3.47. The lowest BCUT2D eigenvalue weighted by molar-refractivity contribution is -0.124. The first-order chi connectivity index (χ1) is 12.5. The van der Waals surface area contributed by atoms with E-state index in [1.165, 1.54) is 0 Å². The summed E-state index contributed by atoms with van der Waals surface area (Å²) in [7, 11) is 0. The highest BCUT2D eigenvalue weighted by atomic mass is 79.9. The molecule has 5 nitrogen and oxygen atoms in total. The van der Waals surface area contributed by atoms with Crippen LogP contribution in [0.1, 0.15) is 45.5 Å². The average Bonchev–Trinajstić information content (AvgIpc) is 2.83. The van der Waals surface area contributed by atoms with Gasteiger partial charge in [-0.1, -0.05) is 40.2 Å². The summed E-state index contributed by atoms with van der Waals surface area (Å²) < 4.78 is 0.955. The highest BCUT2D eigenvalue weighted by Gasteiger charge is 2.42. The molecule has 26 heavy (non-hydrogen) atoms. The number of benzene rings is 2. The van der Waals surface area contributed by atoms with E-state index in [0.717, 1.165) is 34.2 Å². The van der Waals surface area contributed by atoms with Crippen LogP contribution in [0.2, 0.25) is 0 Å². The second-order valence-electron chi connectivity index (χ2n) is 6.74. The largest absolute Gasteiger partial charge is 0.345 e. The molecule has 0 spiro atoms. The Kier molecular flexibility index (Phi) is 4.15. The Bertz CT molecular complexity index is 886. The maximum Gasteiger partial charge on any atom is 0.262 e. The monoisotopic (exact) mass is 412 g/mol. The third kappa shape index (κ3) is 2.74. The van der Waals surface area contributed by atoms with E-state index in [9.17, 15) is 14.4 Å². The summed E-state index contributed by atoms with van der Waals surface area (Å²) in [5.41, 5.74) is 1.33. The number of amides is 3. The molecule has 132 valence electrons. The number of hydrogen-bond acceptors (Lipinski definition) is 3. The molecule has 2 aliphatic rings. The number of imide groups is 1. The predicted molar refractivity (Wildman–Crippen MR) is 99.6 cm³/mol. The molecule has 2 aromatic carbocycles. The number of nitrogens with zero attached hydrogens (tertiary/aromatic N) is 1. The van der Waals surface area contributed by atoms with Crippen molar-refractivity contribution in [1.29, 1.82) is 0 Å². The first-order valence-electron chi connectivity index (χ1n) is 8.52. The number of hydrogen-bond donors (Lipinski definition) is 1. The van der Waals surface area contributed by atoms with Gasteiger partial charge in [-0.3, -0.25) is 19.3 Å². The van der Waals surface area contributed by atoms with Crippen molar-refractivity contribution in [2.45, 2.75) is 24.8 Å². The van der Waals surface area contributed by atoms with Crippen molar-refractivity contribution in [2.75, 3.05) is 6.54 Å². The Morgan fingerprint density at radius 2 is 1.69 bits per heavy atom. The van der Waals surface area contributed by atoms with Gasteiger partial charge in [0, 0.05) is 4.47 Å². The third-order valence-corrected chi connectivity index (χ3v) is 5.64. The highest BCUT2D eigenvalue weighted by Crippen LogP contribution is 2.42. The first kappa shape index (κ1) is 17.0. The number of carbonyl (C=O) groups is 3. The topological polar surface area (TPSA) is 66.5 Å². The van der Waals surface area contributed by atoms with Gasteiger partial charge in [-0.2, -0.15) is 0 Å². The summed E-state index contributed by atoms with van der Waals surface area (Å²) in [6.45, 7) is -0.262. The average molecular weight is 413 g/mol. The van der Waals surface area contributed by atoms with Crippen molar-refractivity contribution in [1.82, 2.24) is 10.2 Å². The number of carbonyl (C=O) groups excluding carboxylic acids is 3. The minimum absolute atomic E-state index is 0.262. The van der Waals surface area contributed by atoms with Crippen molar-refractivity contribution < 1.29 is 14.4 Å². The van der Waals surface area contributed by atoms with Gasteiger partial charge in [0.1, 0.15) is 6.54 Å². The van der Waals surface area contributed by atoms with Crippen molar-refractivity contribution in [3.05, 3.63) is 69.7 Å². The van der Waals surface area contributed by atoms with Crippen LogP contribution in [0.15, 0.2) is 53.0 Å². The summed E-state index contributed by atoms with van der Waals surface area (Å²) in [6, 6.07) is 14.5. The van der Waals surface area contributed by atoms with Crippen LogP contribution < -0.4 is 5.32 Å². The van der Waals surface area contributed by atoms with E-state index < -0.39 is 17.4 Å². The minimum atomic E-state index is -0.417. The van der Waals surface area contributed by atoms with Crippen LogP contribution in [0.4, 0.5) is 0 Å². The van der Waals surface area contributed by atoms with Gasteiger partial charge in [0.15, 0.2) is 0 Å². The van der Waals surface area contributed by atoms with E-state index in [2.05, 4.69) is 21.2 Å². The molecule has 0 aromatic heterocycles. The summed E-state index contributed by atoms with van der Waals surface area (Å²) in [5, 5.41) is 3.06. The molecular formula is C20H17BrN2O3. The fourth-order valence-corrected chi connectivity index (χ4v) is 4.03. The lowest BCUT2D eigenvalue weighted by atomic mass is 9.72. The zero-order valence-electron chi connectivity index (χ0n) is 14.0. The van der Waals surface area contributed by atoms with E-state index in [-0.39, 0.29) is 12.5 Å². The molecule has 1 fully saturated rings. The van der Waals surface area contributed by atoms with Crippen LogP contribution in [-0.4, -0.2) is 29.2 Å². The molecule has 2 aromatic rings. The highest BCUT2D eigenvalue weighted by molar-refractivity contribution is 9.10. The molecule has 0 bridgehead atoms. The quantitative estimate of drug-likeness (QED) is 0.783. The molecule has 1 aliphatic heterocycles. The van der Waals surface area contributed by atoms with Crippen LogP contribution in [0.25, 0.3) is 0 Å². The van der Waals surface area contributed by atoms with Gasteiger partial charge < -0.3 is 5.32 Å². The lowest BCUT2D eigenvalue weighted by Gasteiger charge is -2.43. The van der Waals surface area contributed by atoms with Gasteiger partial charge in [-0.05, 0) is 49.1 Å². The Morgan fingerprint density at radius 3 is 2.23 bits per heavy atom. The van der Waals surface area contributed by atoms with Crippen molar-refractivity contribution >= 4 is 33.7 Å². The van der Waals surface area contributed by atoms with Crippen LogP contribution in [0.5, 0.6) is 0 Å². The Morgan fingerprint density at radius 1 is 1.04 bits per heavy atom. The Labute approximate surface area is 159 Å². The fourth-order valence-electron chi connectivity index (χ4n) is 3.64. The second kappa shape index (κ2) is 6.36. The maximum absolute atomic E-state index is 12.6. The number of fused-ring (bicyclic) bond motifs is 1. The van der Waals surface area contributed by atoms with Crippen LogP contribution in [0.3, 0.4) is 0 Å². The van der Waals surface area contributed by atoms with Crippen LogP contribution in [0, 0.1) is 0 Å². The lowest BCUT2D eigenvalue weighted by Crippen LogP contribution is -2.53. The number of nitrogens with one attached hydrogen (secondary N) is 1. The van der Waals surface area contributed by atoms with Gasteiger partial charge in [-0.25, -0.2) is 0 Å². The van der Waals surface area contributed by atoms with Gasteiger partial charge in [0.2, 0.25) is 5.91 Å². The van der Waals surface area contributed by atoms with E-state index >= 15 is 0 Å². The van der Waals surface area contributed by atoms with Crippen molar-refractivity contribution in [3.63, 3.8) is 0 Å². The van der Waals surface area contributed by atoms with E-state index in [0.29, 0.717) is 11.1 Å². The molecule has 1 aliphatic carbocycles. The summed E-state index contributed by atoms with van der Waals surface area (Å²) in [6.07, 6.45) is 2.72. The Hall–Kier alpha value is -2.47. The first-order valence-corrected chi connectivity index (χ1v) is 9.32. The normalized spacial score (nSPS) is 17.7. The van der Waals surface area contributed by atoms with Crippen LogP contribution in [-0.2, 0) is 10.3 Å². The van der Waals surface area contributed by atoms with Crippen LogP contribution >= 0.6 is 15.9 Å². The smallest absolute Gasteiger partial charge is 0.262 e. The van der Waals surface area contributed by atoms with Gasteiger partial charge in [-0.15, -0.1) is 0 Å². The molecule has 3 amide bonds. The third-order valence-electron chi connectivity index (χ3n) is 5.14. The standard InChI is InChI=1S/C20H17BrN2O3/c21-14-6-3-5-13(11-14)20(9-4-10-20)22-17(24)12-23-18(25)15-7-1-2-8-16(15)19(23)26/h1-3,5-8,11H,4,9-10,12H2,(H,22,24). The SMILES string of the molecule is O=C(CN1C(=O)c2ccccc2C1=O)NC1(c2cccc(Br)c2)CCC1. The zero-order valence-corrected chi connectivity index (χ0v) is 15.6. The molecule has 0 saturated heterocycles. The predicted octanol–water partition coefficient (Wildman–Crippen LogP) is 3.24. The number of rotatable bonds is 4.